The van der Waals surface area contributed by atoms with Crippen molar-refractivity contribution in [3.8, 4) is 0 Å². The number of carbonyl (C=O) groups excluding carboxylic acids is 1. The number of nitrogens with one attached hydrogen (secondary N) is 1. The second kappa shape index (κ2) is 7.94. The Morgan fingerprint density at radius 2 is 2.00 bits per heavy atom. The Labute approximate surface area is 130 Å². The van der Waals surface area contributed by atoms with E-state index >= 15 is 0 Å². The number of rotatable bonds is 6. The summed E-state index contributed by atoms with van der Waals surface area (Å²) in [5, 5.41) is 21.5. The summed E-state index contributed by atoms with van der Waals surface area (Å²) in [6.45, 7) is 0. The van der Waals surface area contributed by atoms with E-state index in [1.807, 2.05) is 12.1 Å². The van der Waals surface area contributed by atoms with Crippen LogP contribution in [-0.2, 0) is 16.0 Å². The fraction of sp³-hybridized carbons (Fsp3) is 0.529. The summed E-state index contributed by atoms with van der Waals surface area (Å²) >= 11 is 0. The molecule has 5 nitrogen and oxygen atoms in total. The molecule has 0 saturated heterocycles. The Kier molecular flexibility index (Phi) is 5.95. The smallest absolute Gasteiger partial charge is 0.303 e. The highest BCUT2D eigenvalue weighted by Gasteiger charge is 2.25. The maximum Gasteiger partial charge on any atom is 0.303 e. The Balaban J connectivity index is 1.88. The van der Waals surface area contributed by atoms with Gasteiger partial charge in [0.15, 0.2) is 0 Å². The zero-order valence-electron chi connectivity index (χ0n) is 12.6. The molecule has 0 aliphatic heterocycles. The van der Waals surface area contributed by atoms with E-state index in [4.69, 9.17) is 5.11 Å². The molecule has 1 amide bonds. The molecule has 1 fully saturated rings. The molecule has 0 unspecified atom stereocenters. The highest BCUT2D eigenvalue weighted by Crippen LogP contribution is 2.27. The maximum absolute atomic E-state index is 12.1. The second-order valence-corrected chi connectivity index (χ2v) is 5.96. The van der Waals surface area contributed by atoms with Crippen LogP contribution in [0.2, 0.25) is 0 Å². The van der Waals surface area contributed by atoms with Crippen molar-refractivity contribution in [2.45, 2.75) is 51.0 Å². The number of hydrogen-bond donors (Lipinski definition) is 3. The van der Waals surface area contributed by atoms with Crippen LogP contribution in [0.1, 0.15) is 44.1 Å². The van der Waals surface area contributed by atoms with Gasteiger partial charge in [0.1, 0.15) is 0 Å². The number of aliphatic hydroxyl groups is 1. The number of aliphatic carboxylic acids is 1. The predicted molar refractivity (Wildman–Crippen MR) is 83.6 cm³/mol. The van der Waals surface area contributed by atoms with Crippen LogP contribution in [0, 0.1) is 5.92 Å². The molecule has 1 aliphatic rings. The first-order valence-corrected chi connectivity index (χ1v) is 7.83. The molecule has 1 aromatic carbocycles. The van der Waals surface area contributed by atoms with Crippen LogP contribution in [0.5, 0.6) is 0 Å². The number of amides is 1. The number of anilines is 1. The van der Waals surface area contributed by atoms with Crippen molar-refractivity contribution in [1.82, 2.24) is 0 Å². The minimum Gasteiger partial charge on any atom is -0.481 e. The van der Waals surface area contributed by atoms with E-state index in [-0.39, 0.29) is 24.3 Å². The van der Waals surface area contributed by atoms with Gasteiger partial charge in [-0.05, 0) is 42.9 Å². The lowest BCUT2D eigenvalue weighted by Gasteiger charge is -2.26. The topological polar surface area (TPSA) is 86.6 Å². The van der Waals surface area contributed by atoms with Crippen LogP contribution in [0.15, 0.2) is 24.3 Å². The van der Waals surface area contributed by atoms with Crippen LogP contribution in [-0.4, -0.2) is 28.2 Å². The highest BCUT2D eigenvalue weighted by molar-refractivity contribution is 5.91. The van der Waals surface area contributed by atoms with E-state index < -0.39 is 5.97 Å². The molecule has 0 aromatic heterocycles. The largest absolute Gasteiger partial charge is 0.481 e. The summed E-state index contributed by atoms with van der Waals surface area (Å²) in [5.74, 6) is -0.883. The monoisotopic (exact) mass is 305 g/mol. The average molecular weight is 305 g/mol. The molecule has 0 heterocycles. The number of benzene rings is 1. The highest BCUT2D eigenvalue weighted by atomic mass is 16.4. The van der Waals surface area contributed by atoms with Crippen molar-refractivity contribution < 1.29 is 19.8 Å². The van der Waals surface area contributed by atoms with Crippen molar-refractivity contribution in [1.29, 1.82) is 0 Å². The number of carbonyl (C=O) groups is 2. The molecule has 2 rings (SSSR count). The van der Waals surface area contributed by atoms with E-state index in [1.54, 1.807) is 12.1 Å². The van der Waals surface area contributed by atoms with Crippen LogP contribution >= 0.6 is 0 Å². The molecule has 22 heavy (non-hydrogen) atoms. The lowest BCUT2D eigenvalue weighted by molar-refractivity contribution is -0.137. The van der Waals surface area contributed by atoms with E-state index in [1.165, 1.54) is 0 Å². The fourth-order valence-electron chi connectivity index (χ4n) is 2.93. The average Bonchev–Trinajstić information content (AvgIpc) is 2.48. The molecule has 0 radical (unpaired) electrons. The van der Waals surface area contributed by atoms with Crippen LogP contribution in [0.4, 0.5) is 5.69 Å². The van der Waals surface area contributed by atoms with Gasteiger partial charge < -0.3 is 15.5 Å². The molecule has 0 bridgehead atoms. The Morgan fingerprint density at radius 3 is 2.73 bits per heavy atom. The van der Waals surface area contributed by atoms with Gasteiger partial charge in [0, 0.05) is 18.5 Å². The zero-order valence-corrected chi connectivity index (χ0v) is 12.6. The van der Waals surface area contributed by atoms with Crippen LogP contribution < -0.4 is 5.32 Å². The first-order chi connectivity index (χ1) is 10.5. The summed E-state index contributed by atoms with van der Waals surface area (Å²) in [7, 11) is 0. The Bertz CT molecular complexity index is 529. The summed E-state index contributed by atoms with van der Waals surface area (Å²) in [4.78, 5) is 22.7. The normalized spacial score (nSPS) is 21.3. The maximum atomic E-state index is 12.1. The summed E-state index contributed by atoms with van der Waals surface area (Å²) in [6, 6.07) is 7.25. The molecular formula is C17H23NO4. The molecular weight excluding hydrogens is 282 g/mol. The number of aliphatic hydroxyl groups excluding tert-OH is 1. The van der Waals surface area contributed by atoms with Crippen molar-refractivity contribution >= 4 is 17.6 Å². The van der Waals surface area contributed by atoms with Gasteiger partial charge in [-0.3, -0.25) is 9.59 Å². The first-order valence-electron chi connectivity index (χ1n) is 7.83. The number of carboxylic acid groups (broad SMARTS) is 1. The third-order valence-electron chi connectivity index (χ3n) is 4.15. The predicted octanol–water partition coefficient (Wildman–Crippen LogP) is 2.58. The minimum absolute atomic E-state index is 0.0453. The summed E-state index contributed by atoms with van der Waals surface area (Å²) < 4.78 is 0. The summed E-state index contributed by atoms with van der Waals surface area (Å²) in [6.07, 6.45) is 4.26. The molecule has 1 aliphatic carbocycles. The van der Waals surface area contributed by atoms with Gasteiger partial charge in [-0.25, -0.2) is 0 Å². The molecule has 1 aromatic rings. The van der Waals surface area contributed by atoms with Crippen molar-refractivity contribution in [3.05, 3.63) is 29.8 Å². The van der Waals surface area contributed by atoms with Gasteiger partial charge in [0.05, 0.1) is 6.10 Å². The third kappa shape index (κ3) is 5.15. The van der Waals surface area contributed by atoms with Gasteiger partial charge in [0.25, 0.3) is 0 Å². The number of hydrogen-bond acceptors (Lipinski definition) is 3. The van der Waals surface area contributed by atoms with E-state index in [2.05, 4.69) is 5.32 Å². The minimum atomic E-state index is -0.833. The molecule has 5 heteroatoms. The van der Waals surface area contributed by atoms with Crippen LogP contribution in [0.25, 0.3) is 0 Å². The molecule has 0 spiro atoms. The quantitative estimate of drug-likeness (QED) is 0.754. The van der Waals surface area contributed by atoms with Crippen molar-refractivity contribution in [2.75, 3.05) is 5.32 Å². The molecule has 3 N–H and O–H groups in total. The molecule has 1 saturated carbocycles. The summed E-state index contributed by atoms with van der Waals surface area (Å²) in [5.41, 5.74) is 1.57. The van der Waals surface area contributed by atoms with E-state index in [0.717, 1.165) is 31.2 Å². The van der Waals surface area contributed by atoms with Gasteiger partial charge in [-0.15, -0.1) is 0 Å². The van der Waals surface area contributed by atoms with Crippen molar-refractivity contribution in [3.63, 3.8) is 0 Å². The number of carboxylic acids is 1. The van der Waals surface area contributed by atoms with E-state index in [9.17, 15) is 14.7 Å². The zero-order chi connectivity index (χ0) is 15.9. The van der Waals surface area contributed by atoms with E-state index in [0.29, 0.717) is 18.5 Å². The Morgan fingerprint density at radius 1 is 1.23 bits per heavy atom. The second-order valence-electron chi connectivity index (χ2n) is 5.96. The lowest BCUT2D eigenvalue weighted by Crippen LogP contribution is -2.28. The first kappa shape index (κ1) is 16.5. The van der Waals surface area contributed by atoms with Gasteiger partial charge in [-0.2, -0.15) is 0 Å². The molecule has 120 valence electrons. The standard InChI is InChI=1S/C17H23NO4/c19-15-7-2-1-5-13(15)11-16(20)18-14-6-3-4-12(10-14)8-9-17(21)22/h3-4,6,10,13,15,19H,1-2,5,7-9,11H2,(H,18,20)(H,21,22)/t13-,15+/m0/s1. The number of aryl methyl sites for hydroxylation is 1. The SMILES string of the molecule is O=C(O)CCc1cccc(NC(=O)C[C@@H]2CCCC[C@H]2O)c1. The fourth-order valence-corrected chi connectivity index (χ4v) is 2.93. The van der Waals surface area contributed by atoms with Crippen LogP contribution in [0.3, 0.4) is 0 Å². The van der Waals surface area contributed by atoms with Gasteiger partial charge in [-0.1, -0.05) is 25.0 Å². The van der Waals surface area contributed by atoms with Gasteiger partial charge in [0.2, 0.25) is 5.91 Å². The van der Waals surface area contributed by atoms with Gasteiger partial charge >= 0.3 is 5.97 Å². The van der Waals surface area contributed by atoms with Crippen molar-refractivity contribution in [2.24, 2.45) is 5.92 Å². The lowest BCUT2D eigenvalue weighted by atomic mass is 9.84. The third-order valence-corrected chi connectivity index (χ3v) is 4.15. The Hall–Kier alpha value is -1.88. The molecule has 2 atom stereocenters.